The summed E-state index contributed by atoms with van der Waals surface area (Å²) in [4.78, 5) is 3.25. The van der Waals surface area contributed by atoms with E-state index in [0.717, 1.165) is 16.7 Å². The van der Waals surface area contributed by atoms with E-state index in [1.54, 1.807) is 0 Å². The maximum Gasteiger partial charge on any atom is 0.182 e. The molecule has 3 aromatic rings. The zero-order valence-electron chi connectivity index (χ0n) is 9.77. The standard InChI is InChI=1S/C14H11ClN2S/c1-9-4-2-7-12-13(9)16-14(18)17(12)11-6-3-5-10(15)8-11/h2-8H,1H3,(H,16,18). The van der Waals surface area contributed by atoms with Crippen LogP contribution in [-0.2, 0) is 0 Å². The molecule has 0 radical (unpaired) electrons. The molecule has 1 N–H and O–H groups in total. The first kappa shape index (κ1) is 11.5. The Labute approximate surface area is 115 Å². The van der Waals surface area contributed by atoms with E-state index in [1.807, 2.05) is 34.9 Å². The largest absolute Gasteiger partial charge is 0.330 e. The number of H-pyrrole nitrogens is 1. The van der Waals surface area contributed by atoms with Crippen molar-refractivity contribution in [1.82, 2.24) is 9.55 Å². The Morgan fingerprint density at radius 2 is 1.94 bits per heavy atom. The number of hydrogen-bond acceptors (Lipinski definition) is 1. The number of halogens is 1. The summed E-state index contributed by atoms with van der Waals surface area (Å²) in [5.74, 6) is 0. The van der Waals surface area contributed by atoms with Crippen LogP contribution in [0, 0.1) is 11.7 Å². The monoisotopic (exact) mass is 274 g/mol. The van der Waals surface area contributed by atoms with Crippen molar-refractivity contribution in [3.05, 3.63) is 57.8 Å². The van der Waals surface area contributed by atoms with Crippen molar-refractivity contribution >= 4 is 34.9 Å². The van der Waals surface area contributed by atoms with Crippen LogP contribution in [0.4, 0.5) is 0 Å². The van der Waals surface area contributed by atoms with E-state index in [2.05, 4.69) is 24.0 Å². The molecule has 1 aromatic heterocycles. The molecule has 0 fully saturated rings. The fraction of sp³-hybridized carbons (Fsp3) is 0.0714. The molecule has 18 heavy (non-hydrogen) atoms. The van der Waals surface area contributed by atoms with Gasteiger partial charge in [-0.2, -0.15) is 0 Å². The molecule has 0 aliphatic rings. The van der Waals surface area contributed by atoms with Crippen molar-refractivity contribution < 1.29 is 0 Å². The molecular formula is C14H11ClN2S. The predicted molar refractivity (Wildman–Crippen MR) is 78.2 cm³/mol. The lowest BCUT2D eigenvalue weighted by Crippen LogP contribution is -1.93. The highest BCUT2D eigenvalue weighted by atomic mass is 35.5. The molecule has 0 unspecified atom stereocenters. The molecular weight excluding hydrogens is 264 g/mol. The maximum absolute atomic E-state index is 6.04. The Morgan fingerprint density at radius 1 is 1.17 bits per heavy atom. The van der Waals surface area contributed by atoms with Gasteiger partial charge >= 0.3 is 0 Å². The number of fused-ring (bicyclic) bond motifs is 1. The molecule has 0 atom stereocenters. The van der Waals surface area contributed by atoms with E-state index >= 15 is 0 Å². The van der Waals surface area contributed by atoms with Crippen LogP contribution in [-0.4, -0.2) is 9.55 Å². The van der Waals surface area contributed by atoms with Gasteiger partial charge in [-0.15, -0.1) is 0 Å². The van der Waals surface area contributed by atoms with Gasteiger partial charge in [0.25, 0.3) is 0 Å². The zero-order chi connectivity index (χ0) is 12.7. The van der Waals surface area contributed by atoms with Gasteiger partial charge in [-0.3, -0.25) is 4.57 Å². The Bertz CT molecular complexity index is 786. The number of aryl methyl sites for hydroxylation is 1. The van der Waals surface area contributed by atoms with Gasteiger partial charge in [-0.05, 0) is 49.0 Å². The molecule has 0 spiro atoms. The van der Waals surface area contributed by atoms with Crippen molar-refractivity contribution in [3.8, 4) is 5.69 Å². The number of nitrogens with one attached hydrogen (secondary N) is 1. The molecule has 0 bridgehead atoms. The van der Waals surface area contributed by atoms with Crippen LogP contribution >= 0.6 is 23.8 Å². The van der Waals surface area contributed by atoms with E-state index in [1.165, 1.54) is 5.56 Å². The molecule has 90 valence electrons. The highest BCUT2D eigenvalue weighted by Gasteiger charge is 2.07. The van der Waals surface area contributed by atoms with E-state index in [9.17, 15) is 0 Å². The second-order valence-electron chi connectivity index (χ2n) is 4.21. The fourth-order valence-corrected chi connectivity index (χ4v) is 2.64. The maximum atomic E-state index is 6.04. The number of aromatic amines is 1. The minimum atomic E-state index is 0.682. The summed E-state index contributed by atoms with van der Waals surface area (Å²) in [7, 11) is 0. The zero-order valence-corrected chi connectivity index (χ0v) is 11.3. The van der Waals surface area contributed by atoms with E-state index < -0.39 is 0 Å². The van der Waals surface area contributed by atoms with Gasteiger partial charge in [0, 0.05) is 10.7 Å². The Hall–Kier alpha value is -1.58. The Morgan fingerprint density at radius 3 is 2.72 bits per heavy atom. The first-order valence-corrected chi connectivity index (χ1v) is 6.42. The Balaban J connectivity index is 2.39. The summed E-state index contributed by atoms with van der Waals surface area (Å²) in [5, 5.41) is 0.705. The number of para-hydroxylation sites is 1. The minimum Gasteiger partial charge on any atom is -0.330 e. The molecule has 0 saturated heterocycles. The van der Waals surface area contributed by atoms with E-state index in [4.69, 9.17) is 23.8 Å². The summed E-state index contributed by atoms with van der Waals surface area (Å²) in [5.41, 5.74) is 4.30. The van der Waals surface area contributed by atoms with Gasteiger partial charge in [0.05, 0.1) is 11.0 Å². The van der Waals surface area contributed by atoms with Gasteiger partial charge in [0.15, 0.2) is 4.77 Å². The van der Waals surface area contributed by atoms with Gasteiger partial charge in [0.2, 0.25) is 0 Å². The van der Waals surface area contributed by atoms with Crippen molar-refractivity contribution in [2.45, 2.75) is 6.92 Å². The number of imidazole rings is 1. The van der Waals surface area contributed by atoms with Crippen LogP contribution in [0.15, 0.2) is 42.5 Å². The van der Waals surface area contributed by atoms with E-state index in [0.29, 0.717) is 9.79 Å². The molecule has 0 saturated carbocycles. The minimum absolute atomic E-state index is 0.682. The average Bonchev–Trinajstić information content (AvgIpc) is 2.67. The Kier molecular flexibility index (Phi) is 2.73. The van der Waals surface area contributed by atoms with E-state index in [-0.39, 0.29) is 0 Å². The number of rotatable bonds is 1. The molecule has 2 nitrogen and oxygen atoms in total. The molecule has 0 aliphatic heterocycles. The summed E-state index contributed by atoms with van der Waals surface area (Å²) < 4.78 is 2.69. The second kappa shape index (κ2) is 4.26. The number of benzene rings is 2. The lowest BCUT2D eigenvalue weighted by Gasteiger charge is -2.05. The van der Waals surface area contributed by atoms with Gasteiger partial charge in [-0.1, -0.05) is 29.8 Å². The summed E-state index contributed by atoms with van der Waals surface area (Å²) in [6.45, 7) is 2.07. The van der Waals surface area contributed by atoms with Crippen LogP contribution in [0.2, 0.25) is 5.02 Å². The first-order valence-electron chi connectivity index (χ1n) is 5.63. The van der Waals surface area contributed by atoms with Crippen molar-refractivity contribution in [3.63, 3.8) is 0 Å². The summed E-state index contributed by atoms with van der Waals surface area (Å²) in [6.07, 6.45) is 0. The van der Waals surface area contributed by atoms with Crippen molar-refractivity contribution in [1.29, 1.82) is 0 Å². The molecule has 2 aromatic carbocycles. The number of hydrogen-bond donors (Lipinski definition) is 1. The van der Waals surface area contributed by atoms with Gasteiger partial charge < -0.3 is 4.98 Å². The van der Waals surface area contributed by atoms with Crippen LogP contribution in [0.3, 0.4) is 0 Å². The van der Waals surface area contributed by atoms with Crippen molar-refractivity contribution in [2.75, 3.05) is 0 Å². The topological polar surface area (TPSA) is 20.7 Å². The third-order valence-electron chi connectivity index (χ3n) is 2.99. The molecule has 4 heteroatoms. The molecule has 0 amide bonds. The van der Waals surface area contributed by atoms with Crippen molar-refractivity contribution in [2.24, 2.45) is 0 Å². The predicted octanol–water partition coefficient (Wildman–Crippen LogP) is 4.65. The number of nitrogens with zero attached hydrogens (tertiary/aromatic N) is 1. The third-order valence-corrected chi connectivity index (χ3v) is 3.51. The molecule has 3 rings (SSSR count). The fourth-order valence-electron chi connectivity index (χ4n) is 2.15. The third kappa shape index (κ3) is 1.76. The van der Waals surface area contributed by atoms with Crippen LogP contribution < -0.4 is 0 Å². The van der Waals surface area contributed by atoms with Crippen LogP contribution in [0.1, 0.15) is 5.56 Å². The average molecular weight is 275 g/mol. The summed E-state index contributed by atoms with van der Waals surface area (Å²) >= 11 is 11.4. The van der Waals surface area contributed by atoms with Crippen LogP contribution in [0.25, 0.3) is 16.7 Å². The van der Waals surface area contributed by atoms with Gasteiger partial charge in [0.1, 0.15) is 0 Å². The molecule has 1 heterocycles. The van der Waals surface area contributed by atoms with Gasteiger partial charge in [-0.25, -0.2) is 0 Å². The smallest absolute Gasteiger partial charge is 0.182 e. The normalized spacial score (nSPS) is 11.0. The SMILES string of the molecule is Cc1cccc2c1[nH]c(=S)n2-c1cccc(Cl)c1. The quantitative estimate of drug-likeness (QED) is 0.641. The highest BCUT2D eigenvalue weighted by molar-refractivity contribution is 7.71. The highest BCUT2D eigenvalue weighted by Crippen LogP contribution is 2.23. The lowest BCUT2D eigenvalue weighted by molar-refractivity contribution is 1.06. The second-order valence-corrected chi connectivity index (χ2v) is 5.04. The molecule has 0 aliphatic carbocycles. The first-order chi connectivity index (χ1) is 8.66. The summed E-state index contributed by atoms with van der Waals surface area (Å²) in [6, 6.07) is 13.8. The van der Waals surface area contributed by atoms with Crippen LogP contribution in [0.5, 0.6) is 0 Å². The number of aromatic nitrogens is 2. The lowest BCUT2D eigenvalue weighted by atomic mass is 10.2.